The van der Waals surface area contributed by atoms with Crippen LogP contribution >= 0.6 is 0 Å². The lowest BCUT2D eigenvalue weighted by atomic mass is 9.83. The minimum absolute atomic E-state index is 0.00724. The van der Waals surface area contributed by atoms with Crippen LogP contribution in [0, 0.1) is 5.92 Å². The Morgan fingerprint density at radius 1 is 1.20 bits per heavy atom. The summed E-state index contributed by atoms with van der Waals surface area (Å²) < 4.78 is 21.3. The van der Waals surface area contributed by atoms with Gasteiger partial charge in [-0.25, -0.2) is 14.4 Å². The molecule has 30 heavy (non-hydrogen) atoms. The van der Waals surface area contributed by atoms with Gasteiger partial charge < -0.3 is 18.9 Å². The molecule has 1 saturated heterocycles. The smallest absolute Gasteiger partial charge is 0.337 e. The van der Waals surface area contributed by atoms with Gasteiger partial charge in [0.05, 0.1) is 18.6 Å². The van der Waals surface area contributed by atoms with Crippen LogP contribution in [0.15, 0.2) is 47.6 Å². The second kappa shape index (κ2) is 9.56. The molecule has 2 aliphatic rings. The van der Waals surface area contributed by atoms with Crippen LogP contribution in [0.1, 0.15) is 33.6 Å². The quantitative estimate of drug-likeness (QED) is 0.296. The van der Waals surface area contributed by atoms with Crippen LogP contribution in [0.25, 0.3) is 0 Å². The van der Waals surface area contributed by atoms with Crippen LogP contribution in [0.3, 0.4) is 0 Å². The molecule has 8 nitrogen and oxygen atoms in total. The summed E-state index contributed by atoms with van der Waals surface area (Å²) >= 11 is 0. The summed E-state index contributed by atoms with van der Waals surface area (Å²) in [5.41, 5.74) is 1.05. The average Bonchev–Trinajstić information content (AvgIpc) is 2.94. The zero-order valence-corrected chi connectivity index (χ0v) is 17.6. The summed E-state index contributed by atoms with van der Waals surface area (Å²) in [6, 6.07) is 0. The molecule has 0 bridgehead atoms. The van der Waals surface area contributed by atoms with Crippen molar-refractivity contribution < 1.29 is 38.1 Å². The van der Waals surface area contributed by atoms with Crippen molar-refractivity contribution in [2.24, 2.45) is 5.92 Å². The number of fused-ring (bicyclic) bond motifs is 1. The third-order valence-corrected chi connectivity index (χ3v) is 4.88. The van der Waals surface area contributed by atoms with Crippen molar-refractivity contribution in [2.75, 3.05) is 7.11 Å². The van der Waals surface area contributed by atoms with Gasteiger partial charge in [-0.3, -0.25) is 4.79 Å². The second-order valence-electron chi connectivity index (χ2n) is 7.30. The van der Waals surface area contributed by atoms with Crippen molar-refractivity contribution in [3.63, 3.8) is 0 Å². The molecular weight excluding hydrogens is 392 g/mol. The number of ether oxygens (including phenoxy) is 4. The highest BCUT2D eigenvalue weighted by Crippen LogP contribution is 2.38. The number of rotatable bonds is 4. The van der Waals surface area contributed by atoms with E-state index in [9.17, 15) is 19.2 Å². The molecule has 1 aliphatic carbocycles. The molecule has 1 heterocycles. The number of esters is 4. The molecule has 1 aliphatic heterocycles. The normalized spacial score (nSPS) is 29.9. The zero-order chi connectivity index (χ0) is 22.6. The standard InChI is InChI=1S/C22H26O8/c1-11(2)20(24)30-19-17-13(4)21(25)29-16(17)10-12(3)8-7-9-15(22(26)27-6)18(19)28-14(5)23/h9-10,16-19H,1,4,7-8H2,2-3,5-6H3/b12-10+,15-9+/t16-,17+,18+,19+/m1/s1. The fourth-order valence-corrected chi connectivity index (χ4v) is 3.42. The Labute approximate surface area is 175 Å². The van der Waals surface area contributed by atoms with Crippen LogP contribution in [0.5, 0.6) is 0 Å². The van der Waals surface area contributed by atoms with E-state index in [2.05, 4.69) is 13.2 Å². The number of methoxy groups -OCH3 is 1. The highest BCUT2D eigenvalue weighted by Gasteiger charge is 2.50. The summed E-state index contributed by atoms with van der Waals surface area (Å²) in [5.74, 6) is -3.76. The predicted octanol–water partition coefficient (Wildman–Crippen LogP) is 2.34. The lowest BCUT2D eigenvalue weighted by Crippen LogP contribution is -2.46. The first-order valence-electron chi connectivity index (χ1n) is 9.46. The number of hydrogen-bond donors (Lipinski definition) is 0. The van der Waals surface area contributed by atoms with Crippen molar-refractivity contribution in [3.05, 3.63) is 47.6 Å². The Hall–Kier alpha value is -3.16. The Bertz CT molecular complexity index is 847. The van der Waals surface area contributed by atoms with E-state index < -0.39 is 48.1 Å². The Morgan fingerprint density at radius 3 is 2.43 bits per heavy atom. The Morgan fingerprint density at radius 2 is 1.87 bits per heavy atom. The topological polar surface area (TPSA) is 105 Å². The highest BCUT2D eigenvalue weighted by molar-refractivity contribution is 5.93. The fourth-order valence-electron chi connectivity index (χ4n) is 3.42. The van der Waals surface area contributed by atoms with Crippen molar-refractivity contribution in [3.8, 4) is 0 Å². The monoisotopic (exact) mass is 418 g/mol. The number of allylic oxidation sites excluding steroid dienone is 2. The molecule has 0 spiro atoms. The van der Waals surface area contributed by atoms with Gasteiger partial charge in [-0.1, -0.05) is 24.8 Å². The molecule has 162 valence electrons. The van der Waals surface area contributed by atoms with Crippen LogP contribution in [0.4, 0.5) is 0 Å². The van der Waals surface area contributed by atoms with Crippen LogP contribution in [0.2, 0.25) is 0 Å². The van der Waals surface area contributed by atoms with Gasteiger partial charge in [-0.05, 0) is 32.8 Å². The minimum Gasteiger partial charge on any atom is -0.466 e. The van der Waals surface area contributed by atoms with Crippen LogP contribution in [-0.4, -0.2) is 49.3 Å². The van der Waals surface area contributed by atoms with E-state index in [1.54, 1.807) is 12.2 Å². The Kier molecular flexibility index (Phi) is 7.37. The van der Waals surface area contributed by atoms with Gasteiger partial charge in [0.1, 0.15) is 6.10 Å². The minimum atomic E-state index is -1.33. The van der Waals surface area contributed by atoms with E-state index in [1.165, 1.54) is 14.0 Å². The Balaban J connectivity index is 2.70. The van der Waals surface area contributed by atoms with Crippen LogP contribution in [-0.2, 0) is 38.1 Å². The predicted molar refractivity (Wildman–Crippen MR) is 106 cm³/mol. The lowest BCUT2D eigenvalue weighted by Gasteiger charge is -2.33. The number of carbonyl (C=O) groups is 4. The summed E-state index contributed by atoms with van der Waals surface area (Å²) in [6.45, 7) is 11.8. The largest absolute Gasteiger partial charge is 0.466 e. The van der Waals surface area contributed by atoms with Gasteiger partial charge in [0, 0.05) is 18.1 Å². The average molecular weight is 418 g/mol. The summed E-state index contributed by atoms with van der Waals surface area (Å²) in [6.07, 6.45) is 0.930. The molecule has 0 saturated carbocycles. The van der Waals surface area contributed by atoms with Crippen molar-refractivity contribution in [1.29, 1.82) is 0 Å². The molecule has 0 amide bonds. The first kappa shape index (κ1) is 23.1. The van der Waals surface area contributed by atoms with Gasteiger partial charge in [0.15, 0.2) is 12.2 Å². The molecular formula is C22H26O8. The molecule has 0 radical (unpaired) electrons. The summed E-state index contributed by atoms with van der Waals surface area (Å²) in [5, 5.41) is 0. The van der Waals surface area contributed by atoms with E-state index in [1.807, 2.05) is 6.92 Å². The maximum absolute atomic E-state index is 12.5. The second-order valence-corrected chi connectivity index (χ2v) is 7.30. The molecule has 4 atom stereocenters. The molecule has 8 heteroatoms. The molecule has 1 fully saturated rings. The number of carbonyl (C=O) groups excluding carboxylic acids is 4. The number of hydrogen-bond acceptors (Lipinski definition) is 8. The van der Waals surface area contributed by atoms with Gasteiger partial charge in [0.2, 0.25) is 0 Å². The molecule has 0 aromatic heterocycles. The molecule has 0 unspecified atom stereocenters. The molecule has 2 rings (SSSR count). The first-order valence-corrected chi connectivity index (χ1v) is 9.46. The first-order chi connectivity index (χ1) is 14.1. The highest BCUT2D eigenvalue weighted by atomic mass is 16.6. The van der Waals surface area contributed by atoms with Gasteiger partial charge in [0.25, 0.3) is 0 Å². The maximum Gasteiger partial charge on any atom is 0.337 e. The summed E-state index contributed by atoms with van der Waals surface area (Å²) in [7, 11) is 1.19. The van der Waals surface area contributed by atoms with Crippen molar-refractivity contribution >= 4 is 23.9 Å². The maximum atomic E-state index is 12.5. The SMILES string of the molecule is C=C(C)C(=O)O[C@H]1[C@H]2C(=C)C(=O)O[C@@H]2/C=C(\C)CC/C=C(/C(=O)OC)[C@@H]1OC(C)=O. The zero-order valence-electron chi connectivity index (χ0n) is 17.6. The molecule has 0 N–H and O–H groups in total. The third kappa shape index (κ3) is 5.06. The van der Waals surface area contributed by atoms with E-state index in [0.29, 0.717) is 12.8 Å². The van der Waals surface area contributed by atoms with Crippen LogP contribution < -0.4 is 0 Å². The van der Waals surface area contributed by atoms with E-state index in [4.69, 9.17) is 18.9 Å². The van der Waals surface area contributed by atoms with E-state index >= 15 is 0 Å². The van der Waals surface area contributed by atoms with Crippen molar-refractivity contribution in [1.82, 2.24) is 0 Å². The molecule has 0 aromatic carbocycles. The van der Waals surface area contributed by atoms with Crippen molar-refractivity contribution in [2.45, 2.75) is 51.9 Å². The molecule has 0 aromatic rings. The van der Waals surface area contributed by atoms with E-state index in [0.717, 1.165) is 12.5 Å². The van der Waals surface area contributed by atoms with Gasteiger partial charge in [-0.15, -0.1) is 0 Å². The third-order valence-electron chi connectivity index (χ3n) is 4.88. The van der Waals surface area contributed by atoms with Gasteiger partial charge >= 0.3 is 23.9 Å². The lowest BCUT2D eigenvalue weighted by molar-refractivity contribution is -0.167. The fraction of sp³-hybridized carbons (Fsp3) is 0.455. The van der Waals surface area contributed by atoms with Gasteiger partial charge in [-0.2, -0.15) is 0 Å². The summed E-state index contributed by atoms with van der Waals surface area (Å²) in [4.78, 5) is 49.1. The van der Waals surface area contributed by atoms with E-state index in [-0.39, 0.29) is 16.7 Å².